The Morgan fingerprint density at radius 3 is 3.00 bits per heavy atom. The van der Waals surface area contributed by atoms with Crippen molar-refractivity contribution < 1.29 is 8.95 Å². The van der Waals surface area contributed by atoms with Gasteiger partial charge in [0.2, 0.25) is 0 Å². The number of hydrogen-bond acceptors (Lipinski definition) is 4. The summed E-state index contributed by atoms with van der Waals surface area (Å²) in [5, 5.41) is 0.178. The van der Waals surface area contributed by atoms with Crippen LogP contribution in [0, 0.1) is 0 Å². The van der Waals surface area contributed by atoms with Crippen LogP contribution in [0.15, 0.2) is 29.2 Å². The van der Waals surface area contributed by atoms with Gasteiger partial charge in [0, 0.05) is 23.3 Å². The smallest absolute Gasteiger partial charge is 0.0791 e. The number of nitrogen functional groups attached to an aromatic ring is 1. The molecule has 2 fully saturated rings. The minimum atomic E-state index is -1.02. The van der Waals surface area contributed by atoms with Gasteiger partial charge in [0.1, 0.15) is 0 Å². The van der Waals surface area contributed by atoms with Gasteiger partial charge in [-0.25, -0.2) is 0 Å². The van der Waals surface area contributed by atoms with E-state index in [0.717, 1.165) is 42.3 Å². The topological polar surface area (TPSA) is 52.3 Å². The molecule has 2 N–H and O–H groups in total. The van der Waals surface area contributed by atoms with E-state index in [9.17, 15) is 4.21 Å². The van der Waals surface area contributed by atoms with Crippen molar-refractivity contribution in [1.82, 2.24) is 0 Å². The summed E-state index contributed by atoms with van der Waals surface area (Å²) in [4.78, 5) is 0.787. The van der Waals surface area contributed by atoms with Crippen LogP contribution in [0.3, 0.4) is 0 Å². The lowest BCUT2D eigenvalue weighted by Crippen LogP contribution is -2.43. The van der Waals surface area contributed by atoms with Crippen LogP contribution in [-0.4, -0.2) is 33.2 Å². The summed E-state index contributed by atoms with van der Waals surface area (Å²) in [5.41, 5.74) is 6.56. The molecule has 1 aromatic carbocycles. The first-order valence-corrected chi connectivity index (χ1v) is 9.04. The summed E-state index contributed by atoms with van der Waals surface area (Å²) in [6.45, 7) is 0.726. The standard InChI is InChI=1S/C14H19NO2S2/c15-12-3-1-2-4-13(12)19(16)11-5-7-17-14(9-11)6-8-18-10-14/h1-4,11H,5-10,15H2. The minimum absolute atomic E-state index is 0.0210. The molecule has 0 saturated carbocycles. The Labute approximate surface area is 120 Å². The number of nitrogens with two attached hydrogens (primary N) is 1. The highest BCUT2D eigenvalue weighted by Crippen LogP contribution is 2.40. The largest absolute Gasteiger partial charge is 0.398 e. The van der Waals surface area contributed by atoms with E-state index in [-0.39, 0.29) is 10.9 Å². The average molecular weight is 297 g/mol. The van der Waals surface area contributed by atoms with E-state index in [1.165, 1.54) is 0 Å². The van der Waals surface area contributed by atoms with Gasteiger partial charge in [-0.2, -0.15) is 11.8 Å². The second-order valence-corrected chi connectivity index (χ2v) is 8.09. The molecule has 19 heavy (non-hydrogen) atoms. The van der Waals surface area contributed by atoms with Gasteiger partial charge in [-0.1, -0.05) is 12.1 Å². The van der Waals surface area contributed by atoms with Crippen LogP contribution >= 0.6 is 11.8 Å². The van der Waals surface area contributed by atoms with Gasteiger partial charge in [-0.15, -0.1) is 0 Å². The molecule has 0 radical (unpaired) electrons. The van der Waals surface area contributed by atoms with Gasteiger partial charge in [0.25, 0.3) is 0 Å². The highest BCUT2D eigenvalue weighted by atomic mass is 32.2. The third kappa shape index (κ3) is 2.69. The van der Waals surface area contributed by atoms with E-state index >= 15 is 0 Å². The molecule has 3 atom stereocenters. The summed E-state index contributed by atoms with van der Waals surface area (Å²) in [6, 6.07) is 7.50. The van der Waals surface area contributed by atoms with Gasteiger partial charge < -0.3 is 10.5 Å². The maximum Gasteiger partial charge on any atom is 0.0791 e. The molecular formula is C14H19NO2S2. The van der Waals surface area contributed by atoms with Crippen molar-refractivity contribution in [1.29, 1.82) is 0 Å². The molecule has 104 valence electrons. The lowest BCUT2D eigenvalue weighted by molar-refractivity contribution is -0.0567. The molecule has 1 aromatic rings. The van der Waals surface area contributed by atoms with E-state index in [1.807, 2.05) is 36.0 Å². The zero-order valence-electron chi connectivity index (χ0n) is 10.8. The van der Waals surface area contributed by atoms with Gasteiger partial charge >= 0.3 is 0 Å². The number of ether oxygens (including phenoxy) is 1. The molecule has 3 rings (SSSR count). The molecule has 0 amide bonds. The number of para-hydroxylation sites is 1. The summed E-state index contributed by atoms with van der Waals surface area (Å²) >= 11 is 1.94. The molecule has 2 heterocycles. The Balaban J connectivity index is 1.78. The lowest BCUT2D eigenvalue weighted by Gasteiger charge is -2.37. The van der Waals surface area contributed by atoms with E-state index in [4.69, 9.17) is 10.5 Å². The molecule has 0 bridgehead atoms. The number of thioether (sulfide) groups is 1. The van der Waals surface area contributed by atoms with Crippen LogP contribution in [0.1, 0.15) is 19.3 Å². The number of hydrogen-bond donors (Lipinski definition) is 1. The monoisotopic (exact) mass is 297 g/mol. The fourth-order valence-electron chi connectivity index (χ4n) is 2.87. The van der Waals surface area contributed by atoms with Crippen molar-refractivity contribution in [3.05, 3.63) is 24.3 Å². The number of anilines is 1. The van der Waals surface area contributed by atoms with Crippen LogP contribution in [0.4, 0.5) is 5.69 Å². The fraction of sp³-hybridized carbons (Fsp3) is 0.571. The first kappa shape index (κ1) is 13.5. The van der Waals surface area contributed by atoms with Crippen molar-refractivity contribution in [3.8, 4) is 0 Å². The summed E-state index contributed by atoms with van der Waals surface area (Å²) < 4.78 is 18.7. The van der Waals surface area contributed by atoms with Crippen LogP contribution in [0.25, 0.3) is 0 Å². The zero-order valence-corrected chi connectivity index (χ0v) is 12.5. The van der Waals surface area contributed by atoms with Crippen molar-refractivity contribution in [2.24, 2.45) is 0 Å². The van der Waals surface area contributed by atoms with Crippen molar-refractivity contribution in [2.45, 2.75) is 35.0 Å². The Morgan fingerprint density at radius 2 is 2.26 bits per heavy atom. The first-order valence-electron chi connectivity index (χ1n) is 6.67. The molecule has 1 spiro atoms. The summed E-state index contributed by atoms with van der Waals surface area (Å²) in [5.74, 6) is 2.21. The van der Waals surface area contributed by atoms with Crippen LogP contribution in [0.5, 0.6) is 0 Å². The minimum Gasteiger partial charge on any atom is -0.398 e. The number of benzene rings is 1. The maximum atomic E-state index is 12.7. The van der Waals surface area contributed by atoms with E-state index in [2.05, 4.69) is 0 Å². The molecule has 3 nitrogen and oxygen atoms in total. The third-order valence-corrected chi connectivity index (χ3v) is 6.99. The molecule has 0 aliphatic carbocycles. The first-order chi connectivity index (χ1) is 9.20. The fourth-order valence-corrected chi connectivity index (χ4v) is 5.89. The molecule has 3 unspecified atom stereocenters. The van der Waals surface area contributed by atoms with Gasteiger partial charge in [-0.05, 0) is 37.1 Å². The molecule has 0 aromatic heterocycles. The molecule has 2 aliphatic heterocycles. The summed E-state index contributed by atoms with van der Waals surface area (Å²) in [7, 11) is -1.02. The number of rotatable bonds is 2. The highest BCUT2D eigenvalue weighted by molar-refractivity contribution is 7.99. The van der Waals surface area contributed by atoms with E-state index in [0.29, 0.717) is 5.69 Å². The Hall–Kier alpha value is -0.520. The maximum absolute atomic E-state index is 12.7. The van der Waals surface area contributed by atoms with Gasteiger partial charge in [-0.3, -0.25) is 4.21 Å². The Kier molecular flexibility index (Phi) is 3.87. The van der Waals surface area contributed by atoms with E-state index < -0.39 is 10.8 Å². The molecule has 5 heteroatoms. The lowest BCUT2D eigenvalue weighted by atomic mass is 9.93. The van der Waals surface area contributed by atoms with Crippen molar-refractivity contribution in [2.75, 3.05) is 23.8 Å². The van der Waals surface area contributed by atoms with Crippen LogP contribution < -0.4 is 5.73 Å². The predicted octanol–water partition coefficient (Wildman–Crippen LogP) is 2.43. The second kappa shape index (κ2) is 5.46. The van der Waals surface area contributed by atoms with Crippen molar-refractivity contribution >= 4 is 28.2 Å². The SMILES string of the molecule is Nc1ccccc1S(=O)C1CCOC2(CCSC2)C1. The van der Waals surface area contributed by atoms with Crippen molar-refractivity contribution in [3.63, 3.8) is 0 Å². The van der Waals surface area contributed by atoms with E-state index in [1.54, 1.807) is 0 Å². The molecule has 2 saturated heterocycles. The van der Waals surface area contributed by atoms with Crippen LogP contribution in [0.2, 0.25) is 0 Å². The summed E-state index contributed by atoms with van der Waals surface area (Å²) in [6.07, 6.45) is 2.87. The van der Waals surface area contributed by atoms with Gasteiger partial charge in [0.05, 0.1) is 21.3 Å². The Morgan fingerprint density at radius 1 is 1.42 bits per heavy atom. The molecule has 2 aliphatic rings. The highest BCUT2D eigenvalue weighted by Gasteiger charge is 2.42. The van der Waals surface area contributed by atoms with Crippen LogP contribution in [-0.2, 0) is 15.5 Å². The normalized spacial score (nSPS) is 32.5. The quantitative estimate of drug-likeness (QED) is 0.852. The third-order valence-electron chi connectivity index (χ3n) is 3.95. The Bertz CT molecular complexity index is 486. The van der Waals surface area contributed by atoms with Gasteiger partial charge in [0.15, 0.2) is 0 Å². The average Bonchev–Trinajstić information content (AvgIpc) is 2.86. The second-order valence-electron chi connectivity index (χ2n) is 5.28. The zero-order chi connectivity index (χ0) is 13.3. The predicted molar refractivity (Wildman–Crippen MR) is 80.9 cm³/mol. The molecular weight excluding hydrogens is 278 g/mol.